The van der Waals surface area contributed by atoms with Gasteiger partial charge in [-0.1, -0.05) is 0 Å². The number of hydrogen-bond donors (Lipinski definition) is 1. The van der Waals surface area contributed by atoms with Gasteiger partial charge in [0, 0.05) is 18.1 Å². The van der Waals surface area contributed by atoms with Gasteiger partial charge >= 0.3 is 0 Å². The summed E-state index contributed by atoms with van der Waals surface area (Å²) >= 11 is 4.94. The second-order valence-corrected chi connectivity index (χ2v) is 4.93. The molecule has 2 heterocycles. The van der Waals surface area contributed by atoms with Crippen molar-refractivity contribution in [2.75, 3.05) is 0 Å². The van der Waals surface area contributed by atoms with Gasteiger partial charge < -0.3 is 9.73 Å². The highest BCUT2D eigenvalue weighted by atomic mass is 79.9. The van der Waals surface area contributed by atoms with Crippen LogP contribution in [-0.4, -0.2) is 4.98 Å². The zero-order valence-electron chi connectivity index (χ0n) is 8.24. The molecule has 0 bridgehead atoms. The fraction of sp³-hybridized carbons (Fsp3) is 0.300. The van der Waals surface area contributed by atoms with Gasteiger partial charge in [0.05, 0.1) is 6.04 Å². The number of nitrogens with one attached hydrogen (secondary N) is 1. The third-order valence-corrected chi connectivity index (χ3v) is 3.27. The molecule has 0 fully saturated rings. The SMILES string of the molecule is CC(NCc1nccs1)c1ccc(Br)o1. The van der Waals surface area contributed by atoms with E-state index in [2.05, 4.69) is 33.2 Å². The Hall–Kier alpha value is -0.650. The molecule has 0 aliphatic rings. The summed E-state index contributed by atoms with van der Waals surface area (Å²) in [5.41, 5.74) is 0. The number of thiazole rings is 1. The molecular formula is C10H11BrN2OS. The fourth-order valence-electron chi connectivity index (χ4n) is 1.24. The van der Waals surface area contributed by atoms with Crippen molar-refractivity contribution in [3.05, 3.63) is 39.1 Å². The van der Waals surface area contributed by atoms with E-state index in [4.69, 9.17) is 4.42 Å². The number of hydrogen-bond acceptors (Lipinski definition) is 4. The second-order valence-electron chi connectivity index (χ2n) is 3.17. The van der Waals surface area contributed by atoms with Crippen LogP contribution in [0.2, 0.25) is 0 Å². The first-order valence-corrected chi connectivity index (χ1v) is 6.30. The molecule has 2 aromatic heterocycles. The topological polar surface area (TPSA) is 38.1 Å². The molecule has 2 aromatic rings. The number of rotatable bonds is 4. The molecule has 1 N–H and O–H groups in total. The standard InChI is InChI=1S/C10H11BrN2OS/c1-7(8-2-3-9(11)14-8)13-6-10-12-4-5-15-10/h2-5,7,13H,6H2,1H3. The first-order valence-electron chi connectivity index (χ1n) is 4.62. The monoisotopic (exact) mass is 286 g/mol. The molecule has 80 valence electrons. The largest absolute Gasteiger partial charge is 0.453 e. The van der Waals surface area contributed by atoms with Crippen molar-refractivity contribution < 1.29 is 4.42 Å². The van der Waals surface area contributed by atoms with Gasteiger partial charge in [-0.25, -0.2) is 4.98 Å². The van der Waals surface area contributed by atoms with Gasteiger partial charge in [0.25, 0.3) is 0 Å². The second kappa shape index (κ2) is 4.92. The maximum Gasteiger partial charge on any atom is 0.169 e. The molecule has 1 unspecified atom stereocenters. The molecular weight excluding hydrogens is 276 g/mol. The molecule has 0 saturated carbocycles. The summed E-state index contributed by atoms with van der Waals surface area (Å²) in [5, 5.41) is 6.42. The van der Waals surface area contributed by atoms with Gasteiger partial charge in [0.2, 0.25) is 0 Å². The van der Waals surface area contributed by atoms with E-state index in [1.54, 1.807) is 11.3 Å². The Bertz CT molecular complexity index is 413. The summed E-state index contributed by atoms with van der Waals surface area (Å²) in [5.74, 6) is 0.929. The predicted octanol–water partition coefficient (Wildman–Crippen LogP) is 3.35. The van der Waals surface area contributed by atoms with Crippen LogP contribution >= 0.6 is 27.3 Å². The van der Waals surface area contributed by atoms with E-state index in [1.807, 2.05) is 23.7 Å². The van der Waals surface area contributed by atoms with Crippen LogP contribution in [0.4, 0.5) is 0 Å². The van der Waals surface area contributed by atoms with Crippen LogP contribution in [0.1, 0.15) is 23.7 Å². The number of furan rings is 1. The zero-order valence-corrected chi connectivity index (χ0v) is 10.6. The molecule has 15 heavy (non-hydrogen) atoms. The van der Waals surface area contributed by atoms with Crippen molar-refractivity contribution in [2.45, 2.75) is 19.5 Å². The molecule has 0 aromatic carbocycles. The summed E-state index contributed by atoms with van der Waals surface area (Å²) < 4.78 is 6.22. The van der Waals surface area contributed by atoms with Gasteiger partial charge in [-0.2, -0.15) is 0 Å². The van der Waals surface area contributed by atoms with Crippen molar-refractivity contribution >= 4 is 27.3 Å². The van der Waals surface area contributed by atoms with Crippen LogP contribution in [0.25, 0.3) is 0 Å². The number of aromatic nitrogens is 1. The predicted molar refractivity (Wildman–Crippen MR) is 63.8 cm³/mol. The Labute approximate surface area is 101 Å². The van der Waals surface area contributed by atoms with E-state index in [0.717, 1.165) is 22.0 Å². The van der Waals surface area contributed by atoms with E-state index in [1.165, 1.54) is 0 Å². The lowest BCUT2D eigenvalue weighted by Gasteiger charge is -2.09. The highest BCUT2D eigenvalue weighted by Crippen LogP contribution is 2.20. The van der Waals surface area contributed by atoms with Gasteiger partial charge in [-0.3, -0.25) is 0 Å². The van der Waals surface area contributed by atoms with Crippen LogP contribution in [-0.2, 0) is 6.54 Å². The van der Waals surface area contributed by atoms with Crippen LogP contribution in [0, 0.1) is 0 Å². The van der Waals surface area contributed by atoms with Gasteiger partial charge in [-0.05, 0) is 35.0 Å². The van der Waals surface area contributed by atoms with Gasteiger partial charge in [0.1, 0.15) is 10.8 Å². The zero-order chi connectivity index (χ0) is 10.7. The third kappa shape index (κ3) is 2.90. The Morgan fingerprint density at radius 3 is 3.07 bits per heavy atom. The molecule has 1 atom stereocenters. The first-order chi connectivity index (χ1) is 7.25. The lowest BCUT2D eigenvalue weighted by atomic mass is 10.2. The maximum absolute atomic E-state index is 5.45. The van der Waals surface area contributed by atoms with E-state index < -0.39 is 0 Å². The minimum atomic E-state index is 0.195. The van der Waals surface area contributed by atoms with Gasteiger partial charge in [-0.15, -0.1) is 11.3 Å². The summed E-state index contributed by atoms with van der Waals surface area (Å²) in [7, 11) is 0. The Morgan fingerprint density at radius 1 is 1.60 bits per heavy atom. The maximum atomic E-state index is 5.45. The van der Waals surface area contributed by atoms with Gasteiger partial charge in [0.15, 0.2) is 4.67 Å². The van der Waals surface area contributed by atoms with Crippen molar-refractivity contribution in [2.24, 2.45) is 0 Å². The number of halogens is 1. The van der Waals surface area contributed by atoms with Crippen molar-refractivity contribution in [3.63, 3.8) is 0 Å². The van der Waals surface area contributed by atoms with E-state index in [-0.39, 0.29) is 6.04 Å². The van der Waals surface area contributed by atoms with Crippen molar-refractivity contribution in [1.82, 2.24) is 10.3 Å². The smallest absolute Gasteiger partial charge is 0.169 e. The normalized spacial score (nSPS) is 12.9. The first kappa shape index (κ1) is 10.9. The third-order valence-electron chi connectivity index (χ3n) is 2.06. The Kier molecular flexibility index (Phi) is 3.56. The molecule has 5 heteroatoms. The summed E-state index contributed by atoms with van der Waals surface area (Å²) in [6.45, 7) is 2.84. The molecule has 0 aliphatic carbocycles. The average molecular weight is 287 g/mol. The van der Waals surface area contributed by atoms with Crippen LogP contribution in [0.5, 0.6) is 0 Å². The highest BCUT2D eigenvalue weighted by molar-refractivity contribution is 9.10. The van der Waals surface area contributed by atoms with Crippen molar-refractivity contribution in [3.8, 4) is 0 Å². The summed E-state index contributed by atoms with van der Waals surface area (Å²) in [4.78, 5) is 4.20. The van der Waals surface area contributed by atoms with E-state index in [9.17, 15) is 0 Å². The highest BCUT2D eigenvalue weighted by Gasteiger charge is 2.09. The molecule has 3 nitrogen and oxygen atoms in total. The molecule has 2 rings (SSSR count). The number of nitrogens with zero attached hydrogens (tertiary/aromatic N) is 1. The van der Waals surface area contributed by atoms with Crippen LogP contribution in [0.15, 0.2) is 32.8 Å². The minimum Gasteiger partial charge on any atom is -0.453 e. The quantitative estimate of drug-likeness (QED) is 0.937. The lowest BCUT2D eigenvalue weighted by molar-refractivity contribution is 0.417. The lowest BCUT2D eigenvalue weighted by Crippen LogP contribution is -2.17. The summed E-state index contributed by atoms with van der Waals surface area (Å²) in [6.07, 6.45) is 1.82. The molecule has 0 aliphatic heterocycles. The molecule has 0 amide bonds. The van der Waals surface area contributed by atoms with E-state index >= 15 is 0 Å². The van der Waals surface area contributed by atoms with Crippen LogP contribution in [0.3, 0.4) is 0 Å². The molecule has 0 spiro atoms. The minimum absolute atomic E-state index is 0.195. The Balaban J connectivity index is 1.90. The van der Waals surface area contributed by atoms with E-state index in [0.29, 0.717) is 0 Å². The van der Waals surface area contributed by atoms with Crippen LogP contribution < -0.4 is 5.32 Å². The molecule has 0 saturated heterocycles. The van der Waals surface area contributed by atoms with Crippen molar-refractivity contribution in [1.29, 1.82) is 0 Å². The Morgan fingerprint density at radius 2 is 2.47 bits per heavy atom. The fourth-order valence-corrected chi connectivity index (χ4v) is 2.13. The molecule has 0 radical (unpaired) electrons. The summed E-state index contributed by atoms with van der Waals surface area (Å²) in [6, 6.07) is 4.06. The average Bonchev–Trinajstić information content (AvgIpc) is 2.84.